The number of aliphatic imine (C=N–C) groups is 1. The molecule has 0 fully saturated rings. The molecule has 0 aliphatic rings. The van der Waals surface area contributed by atoms with E-state index in [0.29, 0.717) is 6.54 Å². The fourth-order valence-electron chi connectivity index (χ4n) is 1.64. The molecule has 0 rings (SSSR count). The highest BCUT2D eigenvalue weighted by Crippen LogP contribution is 2.23. The van der Waals surface area contributed by atoms with Gasteiger partial charge in [0.05, 0.1) is 18.6 Å². The average Bonchev–Trinajstić information content (AvgIpc) is 2.43. The van der Waals surface area contributed by atoms with Gasteiger partial charge in [-0.05, 0) is 10.8 Å². The molecule has 0 aromatic carbocycles. The molecule has 12 heteroatoms. The Morgan fingerprint density at radius 1 is 0.862 bits per heavy atom. The molecule has 0 aliphatic carbocycles. The van der Waals surface area contributed by atoms with Crippen molar-refractivity contribution in [3.8, 4) is 0 Å². The highest BCUT2D eigenvalue weighted by molar-refractivity contribution is 7.88. The number of halogens is 1. The maximum Gasteiger partial charge on any atom is 0.235 e. The summed E-state index contributed by atoms with van der Waals surface area (Å²) in [6.07, 6.45) is 3.79. The van der Waals surface area contributed by atoms with Gasteiger partial charge < -0.3 is 5.73 Å². The monoisotopic (exact) mass is 478 g/mol. The van der Waals surface area contributed by atoms with E-state index in [2.05, 4.69) is 4.99 Å². The molecule has 0 spiro atoms. The summed E-state index contributed by atoms with van der Waals surface area (Å²) in [6, 6.07) is -0.526. The Hall–Kier alpha value is -0.550. The average molecular weight is 479 g/mol. The molecule has 2 atom stereocenters. The minimum atomic E-state index is -3.23. The molecular formula is C17H39ClN4O5S2. The van der Waals surface area contributed by atoms with Crippen molar-refractivity contribution in [2.45, 2.75) is 53.6 Å². The Labute approximate surface area is 183 Å². The summed E-state index contributed by atoms with van der Waals surface area (Å²) in [7, 11) is -3.33. The molecule has 0 aromatic rings. The maximum absolute atomic E-state index is 11.2. The topological polar surface area (TPSA) is 130 Å². The minimum Gasteiger partial charge on any atom is -0.326 e. The van der Waals surface area contributed by atoms with Crippen molar-refractivity contribution in [2.75, 3.05) is 39.7 Å². The summed E-state index contributed by atoms with van der Waals surface area (Å²) >= 11 is 0. The lowest BCUT2D eigenvalue weighted by atomic mass is 9.87. The van der Waals surface area contributed by atoms with Gasteiger partial charge in [0.1, 0.15) is 0 Å². The fraction of sp³-hybridized carbons (Fsp3) is 0.941. The first-order chi connectivity index (χ1) is 12.1. The molecule has 29 heavy (non-hydrogen) atoms. The van der Waals surface area contributed by atoms with Gasteiger partial charge in [0, 0.05) is 33.2 Å². The molecule has 0 bridgehead atoms. The molecular weight excluding hydrogens is 440 g/mol. The van der Waals surface area contributed by atoms with E-state index < -0.39 is 20.0 Å². The lowest BCUT2D eigenvalue weighted by Crippen LogP contribution is -2.45. The van der Waals surface area contributed by atoms with Crippen molar-refractivity contribution >= 4 is 38.5 Å². The summed E-state index contributed by atoms with van der Waals surface area (Å²) in [4.78, 5) is 13.9. The highest BCUT2D eigenvalue weighted by atomic mass is 35.5. The number of hydrogen-bond donors (Lipinski definition) is 1. The zero-order valence-corrected chi connectivity index (χ0v) is 21.7. The van der Waals surface area contributed by atoms with Crippen LogP contribution in [0.2, 0.25) is 0 Å². The van der Waals surface area contributed by atoms with Crippen LogP contribution in [0.5, 0.6) is 0 Å². The SMILES string of the molecule is CN(C[C@@H](N)C(C)(C)C)S(C)(=O)=O.CN(C[C@@H](N=C=O)C(C)(C)C)S(C)(=O)=O.Cl. The fourth-order valence-corrected chi connectivity index (χ4v) is 2.48. The van der Waals surface area contributed by atoms with Gasteiger partial charge in [-0.25, -0.2) is 35.2 Å². The van der Waals surface area contributed by atoms with Crippen LogP contribution in [0.15, 0.2) is 4.99 Å². The van der Waals surface area contributed by atoms with Gasteiger partial charge in [-0.2, -0.15) is 0 Å². The smallest absolute Gasteiger partial charge is 0.235 e. The Morgan fingerprint density at radius 2 is 1.21 bits per heavy atom. The molecule has 0 saturated heterocycles. The van der Waals surface area contributed by atoms with E-state index in [1.54, 1.807) is 7.05 Å². The number of rotatable bonds is 7. The number of nitrogens with two attached hydrogens (primary N) is 1. The van der Waals surface area contributed by atoms with Crippen LogP contribution < -0.4 is 5.73 Å². The van der Waals surface area contributed by atoms with E-state index in [-0.39, 0.29) is 41.9 Å². The normalized spacial score (nSPS) is 14.9. The van der Waals surface area contributed by atoms with Gasteiger partial charge in [0.25, 0.3) is 0 Å². The molecule has 0 amide bonds. The third-order valence-corrected chi connectivity index (χ3v) is 6.90. The van der Waals surface area contributed by atoms with Crippen molar-refractivity contribution in [2.24, 2.45) is 21.6 Å². The van der Waals surface area contributed by atoms with Crippen LogP contribution in [0.25, 0.3) is 0 Å². The van der Waals surface area contributed by atoms with Crippen LogP contribution in [0.3, 0.4) is 0 Å². The lowest BCUT2D eigenvalue weighted by molar-refractivity contribution is 0.280. The second-order valence-corrected chi connectivity index (χ2v) is 13.3. The second kappa shape index (κ2) is 12.3. The van der Waals surface area contributed by atoms with E-state index in [9.17, 15) is 21.6 Å². The molecule has 2 N–H and O–H groups in total. The predicted molar refractivity (Wildman–Crippen MR) is 121 cm³/mol. The van der Waals surface area contributed by atoms with E-state index in [4.69, 9.17) is 5.73 Å². The Balaban J connectivity index is -0.000000455. The zero-order chi connectivity index (χ0) is 23.1. The Morgan fingerprint density at radius 3 is 1.45 bits per heavy atom. The van der Waals surface area contributed by atoms with Gasteiger partial charge in [0.2, 0.25) is 26.1 Å². The molecule has 176 valence electrons. The number of sulfonamides is 2. The first kappa shape index (κ1) is 33.1. The lowest BCUT2D eigenvalue weighted by Gasteiger charge is -2.29. The highest BCUT2D eigenvalue weighted by Gasteiger charge is 2.28. The summed E-state index contributed by atoms with van der Waals surface area (Å²) in [5, 5.41) is 0. The summed E-state index contributed by atoms with van der Waals surface area (Å²) in [5.41, 5.74) is 5.50. The van der Waals surface area contributed by atoms with E-state index in [0.717, 1.165) is 6.26 Å². The number of isocyanates is 1. The molecule has 0 unspecified atom stereocenters. The first-order valence-corrected chi connectivity index (χ1v) is 12.5. The van der Waals surface area contributed by atoms with E-state index in [1.807, 2.05) is 41.5 Å². The van der Waals surface area contributed by atoms with Crippen LogP contribution in [0.4, 0.5) is 0 Å². The second-order valence-electron chi connectivity index (χ2n) is 9.16. The van der Waals surface area contributed by atoms with E-state index >= 15 is 0 Å². The predicted octanol–water partition coefficient (Wildman–Crippen LogP) is 1.30. The third-order valence-electron chi connectivity index (χ3n) is 4.34. The molecule has 0 heterocycles. The Bertz CT molecular complexity index is 737. The van der Waals surface area contributed by atoms with Crippen molar-refractivity contribution in [1.82, 2.24) is 8.61 Å². The van der Waals surface area contributed by atoms with Crippen LogP contribution in [0, 0.1) is 10.8 Å². The van der Waals surface area contributed by atoms with Crippen LogP contribution >= 0.6 is 12.4 Å². The number of nitrogens with zero attached hydrogens (tertiary/aromatic N) is 3. The molecule has 0 saturated carbocycles. The van der Waals surface area contributed by atoms with Crippen LogP contribution in [-0.4, -0.2) is 83.3 Å². The first-order valence-electron chi connectivity index (χ1n) is 8.79. The van der Waals surface area contributed by atoms with Crippen LogP contribution in [-0.2, 0) is 24.8 Å². The van der Waals surface area contributed by atoms with Crippen molar-refractivity contribution in [1.29, 1.82) is 0 Å². The molecule has 0 aliphatic heterocycles. The minimum absolute atomic E-state index is 0. The van der Waals surface area contributed by atoms with Crippen LogP contribution in [0.1, 0.15) is 41.5 Å². The van der Waals surface area contributed by atoms with Gasteiger partial charge >= 0.3 is 0 Å². The summed E-state index contributed by atoms with van der Waals surface area (Å²) < 4.78 is 47.0. The van der Waals surface area contributed by atoms with E-state index in [1.165, 1.54) is 28.0 Å². The van der Waals surface area contributed by atoms with Gasteiger partial charge in [0.15, 0.2) is 0 Å². The van der Waals surface area contributed by atoms with Crippen molar-refractivity contribution in [3.05, 3.63) is 0 Å². The maximum atomic E-state index is 11.2. The number of likely N-dealkylation sites (N-methyl/N-ethyl adjacent to an activating group) is 2. The van der Waals surface area contributed by atoms with Gasteiger partial charge in [-0.1, -0.05) is 41.5 Å². The summed E-state index contributed by atoms with van der Waals surface area (Å²) in [5.74, 6) is 0. The third kappa shape index (κ3) is 15.0. The van der Waals surface area contributed by atoms with Gasteiger partial charge in [-0.15, -0.1) is 12.4 Å². The molecule has 0 radical (unpaired) electrons. The number of carbonyl (C=O) groups excluding carboxylic acids is 1. The van der Waals surface area contributed by atoms with Gasteiger partial charge in [-0.3, -0.25) is 0 Å². The van der Waals surface area contributed by atoms with Crippen molar-refractivity contribution < 1.29 is 21.6 Å². The van der Waals surface area contributed by atoms with Crippen molar-refractivity contribution in [3.63, 3.8) is 0 Å². The quantitative estimate of drug-likeness (QED) is 0.433. The molecule has 9 nitrogen and oxygen atoms in total. The Kier molecular flexibility index (Phi) is 14.1. The standard InChI is InChI=1S/C9H18N2O3S.C8H20N2O2S.ClH/c1-9(2,3)8(10-7-12)6-11(4)15(5,13)14;1-8(2,3)7(9)6-10(4)13(5,11)12;/h8H,6H2,1-5H3;7H,6,9H2,1-5H3;1H/t8-;7-;/m11./s1. The largest absolute Gasteiger partial charge is 0.326 e. The summed E-state index contributed by atoms with van der Waals surface area (Å²) in [6.45, 7) is 12.2. The number of hydrogen-bond acceptors (Lipinski definition) is 7. The molecule has 0 aromatic heterocycles. The zero-order valence-electron chi connectivity index (χ0n) is 19.3.